The van der Waals surface area contributed by atoms with Gasteiger partial charge in [-0.1, -0.05) is 104 Å². The Labute approximate surface area is 229 Å². The summed E-state index contributed by atoms with van der Waals surface area (Å²) in [5.41, 5.74) is 4.78. The van der Waals surface area contributed by atoms with Gasteiger partial charge in [0.05, 0.1) is 10.9 Å². The second-order valence-corrected chi connectivity index (χ2v) is 11.2. The number of hydrogen-bond donors (Lipinski definition) is 0. The Bertz CT molecular complexity index is 1240. The van der Waals surface area contributed by atoms with Gasteiger partial charge in [0, 0.05) is 31.1 Å². The van der Waals surface area contributed by atoms with Crippen LogP contribution in [0.4, 0.5) is 4.79 Å². The van der Waals surface area contributed by atoms with Crippen LogP contribution in [0, 0.1) is 0 Å². The van der Waals surface area contributed by atoms with Crippen LogP contribution in [0.5, 0.6) is 0 Å². The molecule has 2 atom stereocenters. The van der Waals surface area contributed by atoms with E-state index >= 15 is 0 Å². The summed E-state index contributed by atoms with van der Waals surface area (Å²) in [7, 11) is 1.92. The number of nitrogens with zero attached hydrogens (tertiary/aromatic N) is 3. The summed E-state index contributed by atoms with van der Waals surface area (Å²) in [6, 6.07) is 32.1. The monoisotopic (exact) mass is 523 g/mol. The highest BCUT2D eigenvalue weighted by atomic mass is 32.2. The molecular formula is C32H33N3O2S. The lowest BCUT2D eigenvalue weighted by molar-refractivity contribution is 0.108. The molecule has 0 radical (unpaired) electrons. The number of aromatic nitrogens is 2. The summed E-state index contributed by atoms with van der Waals surface area (Å²) in [6.07, 6.45) is 6.83. The Morgan fingerprint density at radius 3 is 2.03 bits per heavy atom. The van der Waals surface area contributed by atoms with Gasteiger partial charge in [-0.3, -0.25) is 4.68 Å². The van der Waals surface area contributed by atoms with Crippen molar-refractivity contribution in [2.45, 2.75) is 28.9 Å². The minimum Gasteiger partial charge on any atom is -0.445 e. The second-order valence-electron chi connectivity index (χ2n) is 9.65. The number of carbonyl (C=O) groups excluding carboxylic acids is 1. The van der Waals surface area contributed by atoms with Gasteiger partial charge < -0.3 is 9.64 Å². The summed E-state index contributed by atoms with van der Waals surface area (Å²) in [4.78, 5) is 15.1. The fourth-order valence-electron chi connectivity index (χ4n) is 5.41. The van der Waals surface area contributed by atoms with Crippen LogP contribution in [0.15, 0.2) is 116 Å². The molecule has 3 aromatic carbocycles. The number of likely N-dealkylation sites (tertiary alicyclic amines) is 1. The molecule has 1 aliphatic heterocycles. The summed E-state index contributed by atoms with van der Waals surface area (Å²) in [5.74, 6) is 0. The fraction of sp³-hybridized carbons (Fsp3) is 0.250. The van der Waals surface area contributed by atoms with E-state index in [9.17, 15) is 4.79 Å². The van der Waals surface area contributed by atoms with Crippen molar-refractivity contribution in [1.29, 1.82) is 0 Å². The smallest absolute Gasteiger partial charge is 0.410 e. The van der Waals surface area contributed by atoms with Crippen molar-refractivity contribution in [1.82, 2.24) is 14.7 Å². The van der Waals surface area contributed by atoms with Gasteiger partial charge in [0.1, 0.15) is 6.61 Å². The van der Waals surface area contributed by atoms with Crippen LogP contribution in [0.1, 0.15) is 28.7 Å². The van der Waals surface area contributed by atoms with Gasteiger partial charge in [-0.2, -0.15) is 5.10 Å². The van der Waals surface area contributed by atoms with E-state index in [2.05, 4.69) is 103 Å². The Kier molecular flexibility index (Phi) is 7.99. The van der Waals surface area contributed by atoms with Crippen LogP contribution in [-0.2, 0) is 23.0 Å². The first-order valence-corrected chi connectivity index (χ1v) is 13.8. The van der Waals surface area contributed by atoms with Gasteiger partial charge in [-0.25, -0.2) is 4.79 Å². The van der Waals surface area contributed by atoms with Gasteiger partial charge in [-0.15, -0.1) is 11.8 Å². The minimum absolute atomic E-state index is 0.0223. The van der Waals surface area contributed by atoms with Gasteiger partial charge >= 0.3 is 6.09 Å². The maximum atomic E-state index is 13.2. The molecule has 38 heavy (non-hydrogen) atoms. The van der Waals surface area contributed by atoms with E-state index in [-0.39, 0.29) is 24.0 Å². The topological polar surface area (TPSA) is 47.4 Å². The van der Waals surface area contributed by atoms with Crippen molar-refractivity contribution in [3.05, 3.63) is 138 Å². The number of aryl methyl sites for hydroxylation is 1. The van der Waals surface area contributed by atoms with Gasteiger partial charge in [0.2, 0.25) is 0 Å². The van der Waals surface area contributed by atoms with E-state index in [1.54, 1.807) is 6.08 Å². The van der Waals surface area contributed by atoms with E-state index in [0.29, 0.717) is 6.54 Å². The molecule has 1 aromatic heterocycles. The number of benzene rings is 3. The van der Waals surface area contributed by atoms with Gasteiger partial charge in [0.25, 0.3) is 0 Å². The average molecular weight is 524 g/mol. The molecule has 1 fully saturated rings. The van der Waals surface area contributed by atoms with Crippen molar-refractivity contribution in [3.8, 4) is 0 Å². The van der Waals surface area contributed by atoms with Crippen molar-refractivity contribution in [2.75, 3.05) is 13.2 Å². The Morgan fingerprint density at radius 2 is 1.55 bits per heavy atom. The molecule has 0 spiro atoms. The van der Waals surface area contributed by atoms with Crippen LogP contribution < -0.4 is 0 Å². The van der Waals surface area contributed by atoms with Crippen LogP contribution in [-0.4, -0.2) is 45.2 Å². The molecule has 1 amide bonds. The number of carbonyl (C=O) groups is 1. The third-order valence-corrected chi connectivity index (χ3v) is 8.78. The van der Waals surface area contributed by atoms with Crippen LogP contribution in [0.2, 0.25) is 0 Å². The third-order valence-electron chi connectivity index (χ3n) is 7.05. The van der Waals surface area contributed by atoms with Crippen molar-refractivity contribution >= 4 is 17.9 Å². The number of thioether (sulfide) groups is 1. The van der Waals surface area contributed by atoms with Crippen LogP contribution in [0.3, 0.4) is 0 Å². The van der Waals surface area contributed by atoms with Crippen molar-refractivity contribution in [3.63, 3.8) is 0 Å². The molecule has 0 N–H and O–H groups in total. The summed E-state index contributed by atoms with van der Waals surface area (Å²) < 4.78 is 6.89. The van der Waals surface area contributed by atoms with E-state index in [4.69, 9.17) is 4.74 Å². The largest absolute Gasteiger partial charge is 0.445 e. The Morgan fingerprint density at radius 1 is 1.00 bits per heavy atom. The zero-order valence-electron chi connectivity index (χ0n) is 21.6. The minimum atomic E-state index is -0.436. The predicted octanol–water partition coefficient (Wildman–Crippen LogP) is 6.45. The molecule has 0 saturated carbocycles. The number of hydrogen-bond acceptors (Lipinski definition) is 4. The zero-order valence-corrected chi connectivity index (χ0v) is 22.5. The van der Waals surface area contributed by atoms with Crippen molar-refractivity contribution < 1.29 is 9.53 Å². The summed E-state index contributed by atoms with van der Waals surface area (Å²) in [6.45, 7) is 4.52. The van der Waals surface area contributed by atoms with E-state index in [1.807, 2.05) is 40.8 Å². The normalized spacial score (nSPS) is 17.3. The molecule has 6 heteroatoms. The predicted molar refractivity (Wildman–Crippen MR) is 154 cm³/mol. The molecule has 5 nitrogen and oxygen atoms in total. The number of rotatable bonds is 9. The molecule has 0 bridgehead atoms. The summed E-state index contributed by atoms with van der Waals surface area (Å²) in [5, 5.41) is 4.53. The maximum Gasteiger partial charge on any atom is 0.410 e. The second kappa shape index (κ2) is 11.7. The first kappa shape index (κ1) is 25.9. The summed E-state index contributed by atoms with van der Waals surface area (Å²) >= 11 is 1.93. The highest BCUT2D eigenvalue weighted by Gasteiger charge is 2.44. The molecule has 1 aliphatic rings. The number of ether oxygens (including phenoxy) is 1. The van der Waals surface area contributed by atoms with E-state index in [1.165, 1.54) is 16.7 Å². The standard InChI is InChI=1S/C32H33N3O2S/c1-3-19-37-31(36)35-24-30(21-29(35)20-25-22-33-34(2)23-25)38-32(26-13-7-4-8-14-26,27-15-9-5-10-16-27)28-17-11-6-12-18-28/h3-18,22-23,29-30H,1,19-21,24H2,2H3/t29-,30+/m1/s1. The maximum absolute atomic E-state index is 13.2. The molecule has 2 heterocycles. The SMILES string of the molecule is C=CCOC(=O)N1C[C@@H](SC(c2ccccc2)(c2ccccc2)c2ccccc2)C[C@H]1Cc1cnn(C)c1. The quantitative estimate of drug-likeness (QED) is 0.187. The first-order valence-electron chi connectivity index (χ1n) is 13.0. The van der Waals surface area contributed by atoms with Crippen LogP contribution >= 0.6 is 11.8 Å². The Hall–Kier alpha value is -3.77. The van der Waals surface area contributed by atoms with E-state index < -0.39 is 4.75 Å². The average Bonchev–Trinajstić information content (AvgIpc) is 3.57. The van der Waals surface area contributed by atoms with Crippen molar-refractivity contribution in [2.24, 2.45) is 7.05 Å². The molecule has 194 valence electrons. The van der Waals surface area contributed by atoms with Gasteiger partial charge in [0.15, 0.2) is 0 Å². The molecule has 1 saturated heterocycles. The first-order chi connectivity index (χ1) is 18.6. The van der Waals surface area contributed by atoms with Gasteiger partial charge in [-0.05, 0) is 35.1 Å². The molecular weight excluding hydrogens is 490 g/mol. The lowest BCUT2D eigenvalue weighted by Crippen LogP contribution is -2.37. The fourth-order valence-corrected chi connectivity index (χ4v) is 7.28. The molecule has 0 unspecified atom stereocenters. The third kappa shape index (κ3) is 5.41. The number of amides is 1. The molecule has 0 aliphatic carbocycles. The zero-order chi connectivity index (χ0) is 26.4. The lowest BCUT2D eigenvalue weighted by atomic mass is 9.84. The molecule has 5 rings (SSSR count). The highest BCUT2D eigenvalue weighted by Crippen LogP contribution is 2.52. The van der Waals surface area contributed by atoms with Crippen LogP contribution in [0.25, 0.3) is 0 Å². The van der Waals surface area contributed by atoms with E-state index in [0.717, 1.165) is 18.4 Å². The molecule has 4 aromatic rings. The lowest BCUT2D eigenvalue weighted by Gasteiger charge is -2.37. The highest BCUT2D eigenvalue weighted by molar-refractivity contribution is 8.01. The Balaban J connectivity index is 1.54.